The number of amides is 1. The van der Waals surface area contributed by atoms with E-state index in [1.54, 1.807) is 41.8 Å². The quantitative estimate of drug-likeness (QED) is 0.333. The van der Waals surface area contributed by atoms with Gasteiger partial charge >= 0.3 is 0 Å². The first-order chi connectivity index (χ1) is 14.9. The number of nitrogens with one attached hydrogen (secondary N) is 1. The number of hydrogen-bond donors (Lipinski definition) is 1. The third kappa shape index (κ3) is 4.50. The summed E-state index contributed by atoms with van der Waals surface area (Å²) in [5.74, 6) is 1.22. The lowest BCUT2D eigenvalue weighted by Gasteiger charge is -2.15. The molecule has 2 aromatic heterocycles. The lowest BCUT2D eigenvalue weighted by Crippen LogP contribution is -2.23. The predicted molar refractivity (Wildman–Crippen MR) is 122 cm³/mol. The number of rotatable bonds is 6. The average Bonchev–Trinajstić information content (AvgIpc) is 3.15. The number of anilines is 1. The molecule has 0 radical (unpaired) electrons. The number of fused-ring (bicyclic) bond motifs is 1. The van der Waals surface area contributed by atoms with Crippen molar-refractivity contribution in [2.24, 2.45) is 0 Å². The Balaban J connectivity index is 1.64. The fourth-order valence-electron chi connectivity index (χ4n) is 3.13. The van der Waals surface area contributed by atoms with E-state index in [0.717, 1.165) is 5.56 Å². The summed E-state index contributed by atoms with van der Waals surface area (Å²) in [6, 6.07) is 14.3. The van der Waals surface area contributed by atoms with Gasteiger partial charge in [-0.25, -0.2) is 4.98 Å². The Morgan fingerprint density at radius 2 is 2.00 bits per heavy atom. The molecule has 0 aliphatic rings. The fourth-order valence-corrected chi connectivity index (χ4v) is 4.24. The molecule has 0 saturated heterocycles. The average molecular weight is 455 g/mol. The molecule has 0 spiro atoms. The summed E-state index contributed by atoms with van der Waals surface area (Å²) < 4.78 is 6.51. The summed E-state index contributed by atoms with van der Waals surface area (Å²) in [5, 5.41) is 8.03. The molecule has 0 fully saturated rings. The van der Waals surface area contributed by atoms with Crippen molar-refractivity contribution in [1.29, 1.82) is 0 Å². The summed E-state index contributed by atoms with van der Waals surface area (Å²) in [4.78, 5) is 30.2. The van der Waals surface area contributed by atoms with Gasteiger partial charge in [0.1, 0.15) is 5.76 Å². The molecular weight excluding hydrogens is 436 g/mol. The molecule has 2 aromatic carbocycles. The van der Waals surface area contributed by atoms with E-state index >= 15 is 0 Å². The van der Waals surface area contributed by atoms with Crippen molar-refractivity contribution in [2.45, 2.75) is 25.4 Å². The van der Waals surface area contributed by atoms with E-state index in [1.165, 1.54) is 11.8 Å². The van der Waals surface area contributed by atoms with Gasteiger partial charge in [0.25, 0.3) is 5.56 Å². The molecular formula is C22H19ClN4O3S. The molecule has 1 amide bonds. The van der Waals surface area contributed by atoms with Crippen LogP contribution in [0.25, 0.3) is 16.6 Å². The largest absolute Gasteiger partial charge is 0.360 e. The third-order valence-electron chi connectivity index (χ3n) is 4.68. The molecule has 9 heteroatoms. The Morgan fingerprint density at radius 1 is 1.19 bits per heavy atom. The molecule has 1 N–H and O–H groups in total. The zero-order valence-electron chi connectivity index (χ0n) is 16.9. The van der Waals surface area contributed by atoms with Crippen LogP contribution in [0.5, 0.6) is 0 Å². The van der Waals surface area contributed by atoms with Crippen LogP contribution in [-0.2, 0) is 4.79 Å². The van der Waals surface area contributed by atoms with Gasteiger partial charge in [-0.05, 0) is 43.7 Å². The van der Waals surface area contributed by atoms with Crippen LogP contribution >= 0.6 is 23.4 Å². The fraction of sp³-hybridized carbons (Fsp3) is 0.182. The number of para-hydroxylation sites is 1. The Kier molecular flexibility index (Phi) is 6.11. The van der Waals surface area contributed by atoms with Gasteiger partial charge in [0.2, 0.25) is 5.91 Å². The predicted octanol–water partition coefficient (Wildman–Crippen LogP) is 4.76. The minimum absolute atomic E-state index is 0.180. The number of halogens is 1. The summed E-state index contributed by atoms with van der Waals surface area (Å²) in [7, 11) is 0. The molecule has 31 heavy (non-hydrogen) atoms. The topological polar surface area (TPSA) is 90.0 Å². The number of aryl methyl sites for hydroxylation is 1. The lowest BCUT2D eigenvalue weighted by atomic mass is 10.2. The first kappa shape index (κ1) is 21.1. The molecule has 2 heterocycles. The van der Waals surface area contributed by atoms with Crippen LogP contribution in [0, 0.1) is 13.8 Å². The smallest absolute Gasteiger partial charge is 0.266 e. The standard InChI is InChI=1S/C22H19ClN4O3S/c1-13-12-19(26-30-13)25-20(28)10-11-31-22-24-17-8-4-3-6-15(17)21(29)27(22)18-9-5-7-16(23)14(18)2/h3-9,12H,10-11H2,1-2H3,(H,25,26,28). The monoisotopic (exact) mass is 454 g/mol. The Labute approximate surface area is 187 Å². The van der Waals surface area contributed by atoms with Crippen molar-refractivity contribution in [3.05, 3.63) is 75.2 Å². The summed E-state index contributed by atoms with van der Waals surface area (Å²) in [5.41, 5.74) is 1.87. The van der Waals surface area contributed by atoms with E-state index in [-0.39, 0.29) is 17.9 Å². The molecule has 0 aliphatic carbocycles. The van der Waals surface area contributed by atoms with Crippen molar-refractivity contribution < 1.29 is 9.32 Å². The first-order valence-corrected chi connectivity index (χ1v) is 10.9. The highest BCUT2D eigenvalue weighted by molar-refractivity contribution is 7.99. The van der Waals surface area contributed by atoms with Crippen molar-refractivity contribution in [3.8, 4) is 5.69 Å². The Hall–Kier alpha value is -3.10. The minimum atomic E-state index is -0.200. The zero-order valence-corrected chi connectivity index (χ0v) is 18.5. The SMILES string of the molecule is Cc1cc(NC(=O)CCSc2nc3ccccc3c(=O)n2-c2cccc(Cl)c2C)no1. The maximum Gasteiger partial charge on any atom is 0.266 e. The number of carbonyl (C=O) groups is 1. The van der Waals surface area contributed by atoms with E-state index in [4.69, 9.17) is 21.1 Å². The molecule has 0 atom stereocenters. The number of thioether (sulfide) groups is 1. The van der Waals surface area contributed by atoms with Crippen LogP contribution in [0.15, 0.2) is 63.0 Å². The van der Waals surface area contributed by atoms with Crippen LogP contribution in [-0.4, -0.2) is 26.4 Å². The molecule has 158 valence electrons. The second kappa shape index (κ2) is 8.95. The highest BCUT2D eigenvalue weighted by Crippen LogP contribution is 2.27. The minimum Gasteiger partial charge on any atom is -0.360 e. The van der Waals surface area contributed by atoms with E-state index in [0.29, 0.717) is 44.1 Å². The van der Waals surface area contributed by atoms with E-state index in [1.807, 2.05) is 25.1 Å². The Bertz CT molecular complexity index is 1330. The normalized spacial score (nSPS) is 11.1. The number of nitrogens with zero attached hydrogens (tertiary/aromatic N) is 3. The van der Waals surface area contributed by atoms with Gasteiger partial charge in [0, 0.05) is 23.3 Å². The van der Waals surface area contributed by atoms with Crippen LogP contribution in [0.3, 0.4) is 0 Å². The Morgan fingerprint density at radius 3 is 2.77 bits per heavy atom. The van der Waals surface area contributed by atoms with E-state index < -0.39 is 0 Å². The van der Waals surface area contributed by atoms with Crippen molar-refractivity contribution in [1.82, 2.24) is 14.7 Å². The van der Waals surface area contributed by atoms with Gasteiger partial charge < -0.3 is 9.84 Å². The number of carbonyl (C=O) groups excluding carboxylic acids is 1. The van der Waals surface area contributed by atoms with Gasteiger partial charge in [0.15, 0.2) is 11.0 Å². The second-order valence-corrected chi connectivity index (χ2v) is 8.37. The van der Waals surface area contributed by atoms with Crippen LogP contribution in [0.4, 0.5) is 5.82 Å². The molecule has 0 bridgehead atoms. The second-order valence-electron chi connectivity index (χ2n) is 6.91. The zero-order chi connectivity index (χ0) is 22.0. The van der Waals surface area contributed by atoms with Gasteiger partial charge in [0.05, 0.1) is 16.6 Å². The van der Waals surface area contributed by atoms with Gasteiger partial charge in [-0.3, -0.25) is 14.2 Å². The number of aromatic nitrogens is 3. The third-order valence-corrected chi connectivity index (χ3v) is 6.03. The van der Waals surface area contributed by atoms with E-state index in [9.17, 15) is 9.59 Å². The summed E-state index contributed by atoms with van der Waals surface area (Å²) >= 11 is 7.64. The highest BCUT2D eigenvalue weighted by atomic mass is 35.5. The molecule has 4 aromatic rings. The number of benzene rings is 2. The van der Waals surface area contributed by atoms with Crippen molar-refractivity contribution in [2.75, 3.05) is 11.1 Å². The first-order valence-electron chi connectivity index (χ1n) is 9.57. The van der Waals surface area contributed by atoms with Crippen LogP contribution in [0.1, 0.15) is 17.7 Å². The van der Waals surface area contributed by atoms with Crippen LogP contribution in [0.2, 0.25) is 5.02 Å². The van der Waals surface area contributed by atoms with E-state index in [2.05, 4.69) is 10.5 Å². The van der Waals surface area contributed by atoms with Crippen molar-refractivity contribution in [3.63, 3.8) is 0 Å². The number of hydrogen-bond acceptors (Lipinski definition) is 6. The summed E-state index contributed by atoms with van der Waals surface area (Å²) in [6.07, 6.45) is 0.216. The molecule has 0 aliphatic heterocycles. The molecule has 0 saturated carbocycles. The molecule has 4 rings (SSSR count). The molecule has 7 nitrogen and oxygen atoms in total. The van der Waals surface area contributed by atoms with Gasteiger partial charge in [-0.15, -0.1) is 0 Å². The van der Waals surface area contributed by atoms with Crippen LogP contribution < -0.4 is 10.9 Å². The van der Waals surface area contributed by atoms with Gasteiger partial charge in [-0.2, -0.15) is 0 Å². The maximum atomic E-state index is 13.3. The van der Waals surface area contributed by atoms with Gasteiger partial charge in [-0.1, -0.05) is 46.7 Å². The highest BCUT2D eigenvalue weighted by Gasteiger charge is 2.16. The lowest BCUT2D eigenvalue weighted by molar-refractivity contribution is -0.115. The van der Waals surface area contributed by atoms with Crippen molar-refractivity contribution >= 4 is 46.0 Å². The maximum absolute atomic E-state index is 13.3. The summed E-state index contributed by atoms with van der Waals surface area (Å²) in [6.45, 7) is 3.61. The molecule has 0 unspecified atom stereocenters.